The average molecular weight is 363 g/mol. The summed E-state index contributed by atoms with van der Waals surface area (Å²) in [5.41, 5.74) is 3.71. The molecule has 24 heavy (non-hydrogen) atoms. The number of halogens is 2. The van der Waals surface area contributed by atoms with E-state index >= 15 is 0 Å². The Labute approximate surface area is 154 Å². The zero-order valence-electron chi connectivity index (χ0n) is 14.2. The van der Waals surface area contributed by atoms with Crippen molar-refractivity contribution >= 4 is 23.2 Å². The highest BCUT2D eigenvalue weighted by Crippen LogP contribution is 2.37. The second-order valence-electron chi connectivity index (χ2n) is 6.65. The number of hydrogen-bond donors (Lipinski definition) is 1. The molecule has 1 saturated heterocycles. The van der Waals surface area contributed by atoms with Crippen molar-refractivity contribution in [3.05, 3.63) is 69.2 Å². The molecule has 1 N–H and O–H groups in total. The van der Waals surface area contributed by atoms with E-state index in [1.165, 1.54) is 11.1 Å². The van der Waals surface area contributed by atoms with Crippen molar-refractivity contribution < 1.29 is 0 Å². The molecule has 0 radical (unpaired) electrons. The van der Waals surface area contributed by atoms with E-state index in [9.17, 15) is 0 Å². The predicted octanol–water partition coefficient (Wildman–Crippen LogP) is 5.11. The van der Waals surface area contributed by atoms with Gasteiger partial charge in [-0.05, 0) is 28.7 Å². The smallest absolute Gasteiger partial charge is 0.0643 e. The van der Waals surface area contributed by atoms with E-state index in [-0.39, 0.29) is 6.04 Å². The third kappa shape index (κ3) is 3.78. The van der Waals surface area contributed by atoms with Gasteiger partial charge < -0.3 is 5.32 Å². The zero-order valence-corrected chi connectivity index (χ0v) is 15.7. The summed E-state index contributed by atoms with van der Waals surface area (Å²) < 4.78 is 0. The monoisotopic (exact) mass is 362 g/mol. The summed E-state index contributed by atoms with van der Waals surface area (Å²) in [7, 11) is 0. The largest absolute Gasteiger partial charge is 0.314 e. The molecule has 0 amide bonds. The number of nitrogens with one attached hydrogen (secondary N) is 1. The van der Waals surface area contributed by atoms with E-state index in [0.29, 0.717) is 16.0 Å². The SMILES string of the molecule is CC(C)c1ccc(C(c2cccc(Cl)c2Cl)N2CCNCC2)cc1. The van der Waals surface area contributed by atoms with E-state index in [4.69, 9.17) is 23.2 Å². The minimum atomic E-state index is 0.138. The van der Waals surface area contributed by atoms with Crippen molar-refractivity contribution in [2.75, 3.05) is 26.2 Å². The second-order valence-corrected chi connectivity index (χ2v) is 7.44. The van der Waals surface area contributed by atoms with Gasteiger partial charge in [0.15, 0.2) is 0 Å². The first-order valence-electron chi connectivity index (χ1n) is 8.56. The van der Waals surface area contributed by atoms with Crippen molar-refractivity contribution in [2.45, 2.75) is 25.8 Å². The van der Waals surface area contributed by atoms with Crippen molar-refractivity contribution in [2.24, 2.45) is 0 Å². The summed E-state index contributed by atoms with van der Waals surface area (Å²) in [6, 6.07) is 15.0. The molecule has 0 bridgehead atoms. The number of benzene rings is 2. The maximum Gasteiger partial charge on any atom is 0.0643 e. The maximum absolute atomic E-state index is 6.56. The molecule has 2 aromatic rings. The van der Waals surface area contributed by atoms with Gasteiger partial charge in [-0.15, -0.1) is 0 Å². The average Bonchev–Trinajstić information content (AvgIpc) is 2.60. The molecule has 2 aromatic carbocycles. The van der Waals surface area contributed by atoms with Gasteiger partial charge in [0.25, 0.3) is 0 Å². The fourth-order valence-electron chi connectivity index (χ4n) is 3.32. The summed E-state index contributed by atoms with van der Waals surface area (Å²) in [6.07, 6.45) is 0. The number of piperazine rings is 1. The molecule has 2 nitrogen and oxygen atoms in total. The van der Waals surface area contributed by atoms with Crippen molar-refractivity contribution in [3.8, 4) is 0 Å². The highest BCUT2D eigenvalue weighted by atomic mass is 35.5. The first-order valence-corrected chi connectivity index (χ1v) is 9.32. The predicted molar refractivity (Wildman–Crippen MR) is 103 cm³/mol. The first-order chi connectivity index (χ1) is 11.6. The van der Waals surface area contributed by atoms with Crippen LogP contribution in [-0.4, -0.2) is 31.1 Å². The molecule has 1 aliphatic rings. The lowest BCUT2D eigenvalue weighted by Gasteiger charge is -2.36. The third-order valence-corrected chi connectivity index (χ3v) is 5.55. The molecular formula is C20H24Cl2N2. The Morgan fingerprint density at radius 2 is 1.54 bits per heavy atom. The van der Waals surface area contributed by atoms with Crippen LogP contribution in [0, 0.1) is 0 Å². The summed E-state index contributed by atoms with van der Waals surface area (Å²) in [5, 5.41) is 4.70. The van der Waals surface area contributed by atoms with Crippen LogP contribution in [0.1, 0.15) is 42.5 Å². The Bertz CT molecular complexity index is 677. The minimum Gasteiger partial charge on any atom is -0.314 e. The van der Waals surface area contributed by atoms with Crippen LogP contribution in [0.2, 0.25) is 10.0 Å². The zero-order chi connectivity index (χ0) is 17.1. The summed E-state index contributed by atoms with van der Waals surface area (Å²) in [4.78, 5) is 2.48. The number of hydrogen-bond acceptors (Lipinski definition) is 2. The van der Waals surface area contributed by atoms with Gasteiger partial charge in [-0.25, -0.2) is 0 Å². The van der Waals surface area contributed by atoms with Gasteiger partial charge in [0, 0.05) is 26.2 Å². The fraction of sp³-hybridized carbons (Fsp3) is 0.400. The van der Waals surface area contributed by atoms with Gasteiger partial charge in [-0.2, -0.15) is 0 Å². The Morgan fingerprint density at radius 3 is 2.17 bits per heavy atom. The summed E-state index contributed by atoms with van der Waals surface area (Å²) in [6.45, 7) is 8.43. The molecule has 1 heterocycles. The summed E-state index contributed by atoms with van der Waals surface area (Å²) in [5.74, 6) is 0.534. The fourth-order valence-corrected chi connectivity index (χ4v) is 3.73. The van der Waals surface area contributed by atoms with Crippen LogP contribution in [0.15, 0.2) is 42.5 Å². The number of nitrogens with zero attached hydrogens (tertiary/aromatic N) is 1. The Balaban J connectivity index is 2.02. The van der Waals surface area contributed by atoms with Gasteiger partial charge in [0.1, 0.15) is 0 Å². The Kier molecular flexibility index (Phi) is 5.83. The van der Waals surface area contributed by atoms with Crippen LogP contribution >= 0.6 is 23.2 Å². The van der Waals surface area contributed by atoms with E-state index in [1.807, 2.05) is 12.1 Å². The highest BCUT2D eigenvalue weighted by molar-refractivity contribution is 6.42. The highest BCUT2D eigenvalue weighted by Gasteiger charge is 2.26. The second kappa shape index (κ2) is 7.88. The molecule has 0 saturated carbocycles. The van der Waals surface area contributed by atoms with Crippen LogP contribution in [0.25, 0.3) is 0 Å². The lowest BCUT2D eigenvalue weighted by atomic mass is 9.93. The third-order valence-electron chi connectivity index (χ3n) is 4.71. The van der Waals surface area contributed by atoms with Gasteiger partial charge in [-0.1, -0.05) is 73.4 Å². The normalized spacial score (nSPS) is 17.2. The molecule has 0 aliphatic carbocycles. The van der Waals surface area contributed by atoms with Crippen molar-refractivity contribution in [3.63, 3.8) is 0 Å². The van der Waals surface area contributed by atoms with Crippen LogP contribution in [0.3, 0.4) is 0 Å². The first kappa shape index (κ1) is 17.8. The molecule has 0 aromatic heterocycles. The van der Waals surface area contributed by atoms with Gasteiger partial charge in [0.2, 0.25) is 0 Å². The standard InChI is InChI=1S/C20H24Cl2N2/c1-14(2)15-6-8-16(9-7-15)20(24-12-10-23-11-13-24)17-4-3-5-18(21)19(17)22/h3-9,14,20,23H,10-13H2,1-2H3. The molecule has 1 aliphatic heterocycles. The topological polar surface area (TPSA) is 15.3 Å². The van der Waals surface area contributed by atoms with Crippen LogP contribution in [0.4, 0.5) is 0 Å². The quantitative estimate of drug-likeness (QED) is 0.812. The van der Waals surface area contributed by atoms with Gasteiger partial charge in [-0.3, -0.25) is 4.90 Å². The van der Waals surface area contributed by atoms with E-state index < -0.39 is 0 Å². The summed E-state index contributed by atoms with van der Waals surface area (Å²) >= 11 is 12.9. The molecule has 3 rings (SSSR count). The molecule has 128 valence electrons. The Morgan fingerprint density at radius 1 is 0.917 bits per heavy atom. The van der Waals surface area contributed by atoms with Crippen LogP contribution in [-0.2, 0) is 0 Å². The van der Waals surface area contributed by atoms with Crippen LogP contribution in [0.5, 0.6) is 0 Å². The maximum atomic E-state index is 6.56. The molecule has 4 heteroatoms. The molecule has 1 fully saturated rings. The molecule has 0 spiro atoms. The minimum absolute atomic E-state index is 0.138. The van der Waals surface area contributed by atoms with Gasteiger partial charge >= 0.3 is 0 Å². The molecular weight excluding hydrogens is 339 g/mol. The molecule has 1 unspecified atom stereocenters. The van der Waals surface area contributed by atoms with Gasteiger partial charge in [0.05, 0.1) is 16.1 Å². The van der Waals surface area contributed by atoms with Crippen molar-refractivity contribution in [1.82, 2.24) is 10.2 Å². The van der Waals surface area contributed by atoms with E-state index in [1.54, 1.807) is 0 Å². The van der Waals surface area contributed by atoms with E-state index in [2.05, 4.69) is 54.4 Å². The molecule has 1 atom stereocenters. The Hall–Kier alpha value is -1.06. The van der Waals surface area contributed by atoms with E-state index in [0.717, 1.165) is 31.7 Å². The number of rotatable bonds is 4. The van der Waals surface area contributed by atoms with Crippen LogP contribution < -0.4 is 5.32 Å². The van der Waals surface area contributed by atoms with Crippen molar-refractivity contribution in [1.29, 1.82) is 0 Å². The lowest BCUT2D eigenvalue weighted by molar-refractivity contribution is 0.198. The lowest BCUT2D eigenvalue weighted by Crippen LogP contribution is -2.45.